The molecule has 1 N–H and O–H groups in total. The van der Waals surface area contributed by atoms with Gasteiger partial charge in [-0.05, 0) is 31.2 Å². The smallest absolute Gasteiger partial charge is 0.321 e. The van der Waals surface area contributed by atoms with E-state index in [2.05, 4.69) is 9.46 Å². The van der Waals surface area contributed by atoms with Gasteiger partial charge >= 0.3 is 5.97 Å². The molecular weight excluding hydrogens is 306 g/mol. The van der Waals surface area contributed by atoms with E-state index in [1.54, 1.807) is 6.92 Å². The lowest BCUT2D eigenvalue weighted by Crippen LogP contribution is -2.30. The van der Waals surface area contributed by atoms with Crippen LogP contribution >= 0.6 is 0 Å². The Bertz CT molecular complexity index is 676. The van der Waals surface area contributed by atoms with Gasteiger partial charge in [0, 0.05) is 6.26 Å². The fraction of sp³-hybridized carbons (Fsp3) is 0.364. The monoisotopic (exact) mass is 321 g/mol. The molecular formula is C11H15NO6S2. The van der Waals surface area contributed by atoms with Gasteiger partial charge in [0.1, 0.15) is 6.54 Å². The quantitative estimate of drug-likeness (QED) is 0.735. The SMILES string of the molecule is CCOC(=O)CNS(=O)(=O)c1ccc(S(C)(=O)=O)cc1. The van der Waals surface area contributed by atoms with Gasteiger partial charge in [-0.25, -0.2) is 16.8 Å². The third-order valence-corrected chi connectivity index (χ3v) is 4.82. The summed E-state index contributed by atoms with van der Waals surface area (Å²) < 4.78 is 52.8. The third kappa shape index (κ3) is 4.58. The highest BCUT2D eigenvalue weighted by Gasteiger charge is 2.17. The van der Waals surface area contributed by atoms with Crippen LogP contribution < -0.4 is 4.72 Å². The van der Waals surface area contributed by atoms with Crippen molar-refractivity contribution in [3.63, 3.8) is 0 Å². The van der Waals surface area contributed by atoms with Gasteiger partial charge in [0.2, 0.25) is 10.0 Å². The number of rotatable bonds is 6. The van der Waals surface area contributed by atoms with Crippen LogP contribution in [0.25, 0.3) is 0 Å². The maximum atomic E-state index is 11.8. The summed E-state index contributed by atoms with van der Waals surface area (Å²) in [5.74, 6) is -0.691. The van der Waals surface area contributed by atoms with E-state index in [0.717, 1.165) is 18.4 Å². The third-order valence-electron chi connectivity index (χ3n) is 2.27. The summed E-state index contributed by atoms with van der Waals surface area (Å²) in [6.45, 7) is 1.28. The lowest BCUT2D eigenvalue weighted by Gasteiger charge is -2.07. The Hall–Kier alpha value is -1.45. The zero-order chi connectivity index (χ0) is 15.4. The Balaban J connectivity index is 2.86. The molecule has 0 spiro atoms. The van der Waals surface area contributed by atoms with Crippen LogP contribution in [0.3, 0.4) is 0 Å². The number of ether oxygens (including phenoxy) is 1. The van der Waals surface area contributed by atoms with E-state index in [0.29, 0.717) is 0 Å². The Morgan fingerprint density at radius 1 is 1.10 bits per heavy atom. The number of carbonyl (C=O) groups excluding carboxylic acids is 1. The summed E-state index contributed by atoms with van der Waals surface area (Å²) in [5, 5.41) is 0. The van der Waals surface area contributed by atoms with Gasteiger partial charge < -0.3 is 4.74 Å². The molecule has 0 radical (unpaired) electrons. The largest absolute Gasteiger partial charge is 0.465 e. The highest BCUT2D eigenvalue weighted by Crippen LogP contribution is 2.14. The second-order valence-corrected chi connectivity index (χ2v) is 7.66. The first-order chi connectivity index (χ1) is 9.16. The first-order valence-corrected chi connectivity index (χ1v) is 8.99. The summed E-state index contributed by atoms with van der Waals surface area (Å²) in [5.41, 5.74) is 0. The number of nitrogens with one attached hydrogen (secondary N) is 1. The van der Waals surface area contributed by atoms with Crippen LogP contribution in [0.4, 0.5) is 0 Å². The number of hydrogen-bond donors (Lipinski definition) is 1. The van der Waals surface area contributed by atoms with Crippen LogP contribution in [0, 0.1) is 0 Å². The van der Waals surface area contributed by atoms with Crippen molar-refractivity contribution in [1.82, 2.24) is 4.72 Å². The Morgan fingerprint density at radius 3 is 2.05 bits per heavy atom. The second kappa shape index (κ2) is 6.33. The van der Waals surface area contributed by atoms with Gasteiger partial charge in [-0.15, -0.1) is 0 Å². The molecule has 0 aliphatic rings. The van der Waals surface area contributed by atoms with Crippen molar-refractivity contribution in [2.75, 3.05) is 19.4 Å². The number of hydrogen-bond acceptors (Lipinski definition) is 6. The van der Waals surface area contributed by atoms with E-state index in [9.17, 15) is 21.6 Å². The van der Waals surface area contributed by atoms with E-state index in [1.165, 1.54) is 12.1 Å². The first-order valence-electron chi connectivity index (χ1n) is 5.62. The molecule has 0 fully saturated rings. The van der Waals surface area contributed by atoms with Crippen molar-refractivity contribution in [3.8, 4) is 0 Å². The fourth-order valence-corrected chi connectivity index (χ4v) is 2.91. The van der Waals surface area contributed by atoms with Crippen LogP contribution in [-0.2, 0) is 29.4 Å². The number of carbonyl (C=O) groups is 1. The molecule has 0 aliphatic heterocycles. The fourth-order valence-electron chi connectivity index (χ4n) is 1.32. The van der Waals surface area contributed by atoms with E-state index < -0.39 is 32.4 Å². The topological polar surface area (TPSA) is 107 Å². The van der Waals surface area contributed by atoms with Crippen LogP contribution in [0.15, 0.2) is 34.1 Å². The van der Waals surface area contributed by atoms with Crippen molar-refractivity contribution in [2.24, 2.45) is 0 Å². The number of sulfonamides is 1. The van der Waals surface area contributed by atoms with Crippen LogP contribution in [0.5, 0.6) is 0 Å². The molecule has 0 atom stereocenters. The van der Waals surface area contributed by atoms with Gasteiger partial charge in [-0.3, -0.25) is 4.79 Å². The minimum atomic E-state index is -3.88. The molecule has 112 valence electrons. The van der Waals surface area contributed by atoms with Crippen molar-refractivity contribution >= 4 is 25.8 Å². The van der Waals surface area contributed by atoms with E-state index in [4.69, 9.17) is 0 Å². The average molecular weight is 321 g/mol. The molecule has 9 heteroatoms. The highest BCUT2D eigenvalue weighted by molar-refractivity contribution is 7.90. The highest BCUT2D eigenvalue weighted by atomic mass is 32.2. The standard InChI is InChI=1S/C11H15NO6S2/c1-3-18-11(13)8-12-20(16,17)10-6-4-9(5-7-10)19(2,14)15/h4-7,12H,3,8H2,1-2H3. The lowest BCUT2D eigenvalue weighted by atomic mass is 10.4. The zero-order valence-electron chi connectivity index (χ0n) is 11.0. The van der Waals surface area contributed by atoms with E-state index in [-0.39, 0.29) is 16.4 Å². The molecule has 0 unspecified atom stereocenters. The minimum Gasteiger partial charge on any atom is -0.465 e. The number of benzene rings is 1. The minimum absolute atomic E-state index is 0.0156. The molecule has 0 aliphatic carbocycles. The zero-order valence-corrected chi connectivity index (χ0v) is 12.6. The van der Waals surface area contributed by atoms with Gasteiger partial charge in [0.15, 0.2) is 9.84 Å². The Morgan fingerprint density at radius 2 is 1.60 bits per heavy atom. The van der Waals surface area contributed by atoms with Crippen LogP contribution in [-0.4, -0.2) is 42.2 Å². The van der Waals surface area contributed by atoms with Crippen LogP contribution in [0.1, 0.15) is 6.92 Å². The molecule has 0 bridgehead atoms. The van der Waals surface area contributed by atoms with E-state index >= 15 is 0 Å². The summed E-state index contributed by atoms with van der Waals surface area (Å²) >= 11 is 0. The number of esters is 1. The normalized spacial score (nSPS) is 12.1. The molecule has 0 aromatic heterocycles. The van der Waals surface area contributed by atoms with Crippen LogP contribution in [0.2, 0.25) is 0 Å². The summed E-state index contributed by atoms with van der Waals surface area (Å²) in [6.07, 6.45) is 1.02. The molecule has 0 saturated heterocycles. The molecule has 0 amide bonds. The molecule has 1 rings (SSSR count). The second-order valence-electron chi connectivity index (χ2n) is 3.87. The first kappa shape index (κ1) is 16.6. The predicted octanol–water partition coefficient (Wildman–Crippen LogP) is -0.0685. The molecule has 7 nitrogen and oxygen atoms in total. The van der Waals surface area contributed by atoms with Gasteiger partial charge in [-0.1, -0.05) is 0 Å². The average Bonchev–Trinajstić information content (AvgIpc) is 2.36. The Labute approximate surface area is 117 Å². The molecule has 0 heterocycles. The summed E-state index contributed by atoms with van der Waals surface area (Å²) in [4.78, 5) is 11.0. The molecule has 0 saturated carbocycles. The Kier molecular flexibility index (Phi) is 5.26. The molecule has 1 aromatic rings. The molecule has 1 aromatic carbocycles. The van der Waals surface area contributed by atoms with Crippen molar-refractivity contribution < 1.29 is 26.4 Å². The van der Waals surface area contributed by atoms with Gasteiger partial charge in [0.25, 0.3) is 0 Å². The van der Waals surface area contributed by atoms with Crippen molar-refractivity contribution in [2.45, 2.75) is 16.7 Å². The maximum absolute atomic E-state index is 11.8. The maximum Gasteiger partial charge on any atom is 0.321 e. The number of sulfone groups is 1. The van der Waals surface area contributed by atoms with Gasteiger partial charge in [0.05, 0.1) is 16.4 Å². The lowest BCUT2D eigenvalue weighted by molar-refractivity contribution is -0.141. The van der Waals surface area contributed by atoms with Crippen molar-refractivity contribution in [1.29, 1.82) is 0 Å². The summed E-state index contributed by atoms with van der Waals surface area (Å²) in [6, 6.07) is 4.69. The predicted molar refractivity (Wildman–Crippen MR) is 71.4 cm³/mol. The van der Waals surface area contributed by atoms with E-state index in [1.807, 2.05) is 0 Å². The van der Waals surface area contributed by atoms with Gasteiger partial charge in [-0.2, -0.15) is 4.72 Å². The molecule has 20 heavy (non-hydrogen) atoms. The van der Waals surface area contributed by atoms with Crippen molar-refractivity contribution in [3.05, 3.63) is 24.3 Å². The summed E-state index contributed by atoms with van der Waals surface area (Å²) in [7, 11) is -7.27.